The molecule has 1 amide bonds. The summed E-state index contributed by atoms with van der Waals surface area (Å²) in [5.74, 6) is 0.572. The summed E-state index contributed by atoms with van der Waals surface area (Å²) in [6.45, 7) is 4.86. The highest BCUT2D eigenvalue weighted by Gasteiger charge is 2.26. The highest BCUT2D eigenvalue weighted by Crippen LogP contribution is 2.27. The lowest BCUT2D eigenvalue weighted by Crippen LogP contribution is -2.52. The third-order valence-electron chi connectivity index (χ3n) is 5.10. The number of piperazine rings is 1. The number of amides is 1. The van der Waals surface area contributed by atoms with Gasteiger partial charge < -0.3 is 15.0 Å². The number of non-ortho nitro benzene ring substituents is 1. The minimum Gasteiger partial charge on any atom is -0.497 e. The number of nitrogens with zero attached hydrogens (tertiary/aromatic N) is 3. The number of nitro benzene ring substituents is 1. The van der Waals surface area contributed by atoms with Crippen LogP contribution in [0.2, 0.25) is 5.02 Å². The molecule has 0 radical (unpaired) electrons. The topological polar surface area (TPSA) is 88.0 Å². The Hall–Kier alpha value is -2.84. The molecule has 1 atom stereocenters. The number of rotatable bonds is 6. The second kappa shape index (κ2) is 9.11. The van der Waals surface area contributed by atoms with E-state index in [1.54, 1.807) is 7.11 Å². The van der Waals surface area contributed by atoms with Gasteiger partial charge in [-0.1, -0.05) is 11.6 Å². The summed E-state index contributed by atoms with van der Waals surface area (Å²) in [5, 5.41) is 13.9. The molecule has 1 unspecified atom stereocenters. The molecule has 1 heterocycles. The van der Waals surface area contributed by atoms with Crippen molar-refractivity contribution in [1.29, 1.82) is 0 Å². The number of carbonyl (C=O) groups is 1. The van der Waals surface area contributed by atoms with Crippen LogP contribution in [0, 0.1) is 10.1 Å². The van der Waals surface area contributed by atoms with Crippen LogP contribution in [0.4, 0.5) is 17.1 Å². The minimum absolute atomic E-state index is 0.120. The summed E-state index contributed by atoms with van der Waals surface area (Å²) < 4.78 is 5.19. The Balaban J connectivity index is 1.58. The van der Waals surface area contributed by atoms with Gasteiger partial charge >= 0.3 is 0 Å². The van der Waals surface area contributed by atoms with Gasteiger partial charge in [0.05, 0.1) is 28.8 Å². The first-order chi connectivity index (χ1) is 13.9. The molecule has 0 spiro atoms. The Morgan fingerprint density at radius 3 is 2.41 bits per heavy atom. The van der Waals surface area contributed by atoms with Gasteiger partial charge in [0.15, 0.2) is 0 Å². The maximum atomic E-state index is 12.7. The van der Waals surface area contributed by atoms with Crippen LogP contribution in [-0.4, -0.2) is 55.1 Å². The maximum Gasteiger partial charge on any atom is 0.271 e. The molecule has 2 aromatic carbocycles. The Morgan fingerprint density at radius 2 is 1.83 bits per heavy atom. The van der Waals surface area contributed by atoms with Crippen LogP contribution in [0.25, 0.3) is 0 Å². The van der Waals surface area contributed by atoms with Crippen LogP contribution in [-0.2, 0) is 4.79 Å². The Bertz CT molecular complexity index is 883. The quantitative estimate of drug-likeness (QED) is 0.571. The molecule has 1 aliphatic rings. The van der Waals surface area contributed by atoms with Gasteiger partial charge in [0.25, 0.3) is 5.69 Å². The van der Waals surface area contributed by atoms with E-state index in [9.17, 15) is 14.9 Å². The lowest BCUT2D eigenvalue weighted by atomic mass is 10.2. The largest absolute Gasteiger partial charge is 0.497 e. The van der Waals surface area contributed by atoms with Gasteiger partial charge in [-0.3, -0.25) is 19.8 Å². The minimum atomic E-state index is -0.520. The second-order valence-electron chi connectivity index (χ2n) is 6.81. The Morgan fingerprint density at radius 1 is 1.17 bits per heavy atom. The van der Waals surface area contributed by atoms with Crippen molar-refractivity contribution in [2.75, 3.05) is 43.5 Å². The summed E-state index contributed by atoms with van der Waals surface area (Å²) in [5.41, 5.74) is 1.24. The van der Waals surface area contributed by atoms with E-state index in [0.717, 1.165) is 37.6 Å². The second-order valence-corrected chi connectivity index (χ2v) is 7.21. The molecule has 0 aliphatic carbocycles. The van der Waals surface area contributed by atoms with Crippen molar-refractivity contribution in [1.82, 2.24) is 4.90 Å². The van der Waals surface area contributed by atoms with Crippen LogP contribution in [0.1, 0.15) is 6.92 Å². The molecule has 3 rings (SSSR count). The summed E-state index contributed by atoms with van der Waals surface area (Å²) in [6, 6.07) is 11.5. The van der Waals surface area contributed by atoms with Crippen molar-refractivity contribution in [2.45, 2.75) is 13.0 Å². The highest BCUT2D eigenvalue weighted by atomic mass is 35.5. The number of hydrogen-bond acceptors (Lipinski definition) is 6. The van der Waals surface area contributed by atoms with Crippen molar-refractivity contribution in [3.8, 4) is 5.75 Å². The van der Waals surface area contributed by atoms with Crippen LogP contribution >= 0.6 is 11.6 Å². The summed E-state index contributed by atoms with van der Waals surface area (Å²) >= 11 is 6.08. The lowest BCUT2D eigenvalue weighted by Gasteiger charge is -2.38. The van der Waals surface area contributed by atoms with Crippen molar-refractivity contribution in [3.63, 3.8) is 0 Å². The zero-order valence-electron chi connectivity index (χ0n) is 16.3. The molecule has 1 aliphatic heterocycles. The number of nitrogens with one attached hydrogen (secondary N) is 1. The number of ether oxygens (including phenoxy) is 1. The number of anilines is 2. The molecule has 0 saturated carbocycles. The van der Waals surface area contributed by atoms with Gasteiger partial charge in [-0.25, -0.2) is 0 Å². The predicted molar refractivity (Wildman–Crippen MR) is 113 cm³/mol. The molecular weight excluding hydrogens is 396 g/mol. The molecule has 0 aromatic heterocycles. The van der Waals surface area contributed by atoms with Crippen molar-refractivity contribution < 1.29 is 14.5 Å². The average molecular weight is 419 g/mol. The van der Waals surface area contributed by atoms with E-state index in [4.69, 9.17) is 16.3 Å². The van der Waals surface area contributed by atoms with Gasteiger partial charge in [0.1, 0.15) is 5.75 Å². The van der Waals surface area contributed by atoms with Crippen LogP contribution < -0.4 is 15.0 Å². The smallest absolute Gasteiger partial charge is 0.271 e. The number of carbonyl (C=O) groups excluding carboxylic acids is 1. The zero-order chi connectivity index (χ0) is 21.0. The van der Waals surface area contributed by atoms with Crippen molar-refractivity contribution in [3.05, 3.63) is 57.6 Å². The van der Waals surface area contributed by atoms with E-state index >= 15 is 0 Å². The van der Waals surface area contributed by atoms with Crippen molar-refractivity contribution in [2.24, 2.45) is 0 Å². The summed E-state index contributed by atoms with van der Waals surface area (Å²) in [4.78, 5) is 27.4. The molecule has 1 saturated heterocycles. The van der Waals surface area contributed by atoms with Gasteiger partial charge in [-0.05, 0) is 37.3 Å². The van der Waals surface area contributed by atoms with Crippen molar-refractivity contribution >= 4 is 34.6 Å². The van der Waals surface area contributed by atoms with E-state index in [0.29, 0.717) is 0 Å². The molecular formula is C20H23ClN4O4. The highest BCUT2D eigenvalue weighted by molar-refractivity contribution is 6.33. The van der Waals surface area contributed by atoms with E-state index in [1.165, 1.54) is 18.2 Å². The summed E-state index contributed by atoms with van der Waals surface area (Å²) in [6.07, 6.45) is 0. The molecule has 1 N–H and O–H groups in total. The van der Waals surface area contributed by atoms with Gasteiger partial charge in [0.2, 0.25) is 5.91 Å². The Labute approximate surface area is 174 Å². The first kappa shape index (κ1) is 20.9. The molecule has 2 aromatic rings. The number of nitro groups is 1. The molecule has 29 heavy (non-hydrogen) atoms. The predicted octanol–water partition coefficient (Wildman–Crippen LogP) is 3.41. The SMILES string of the molecule is COc1ccc(N2CCN(C(C)C(=O)Nc3cc([N+](=O)[O-])ccc3Cl)CC2)cc1. The molecule has 8 nitrogen and oxygen atoms in total. The first-order valence-corrected chi connectivity index (χ1v) is 9.64. The van der Waals surface area contributed by atoms with Crippen LogP contribution in [0.3, 0.4) is 0 Å². The number of halogens is 1. The third-order valence-corrected chi connectivity index (χ3v) is 5.43. The number of methoxy groups -OCH3 is 1. The van der Waals surface area contributed by atoms with Gasteiger partial charge in [0, 0.05) is 44.0 Å². The Kier molecular flexibility index (Phi) is 6.56. The van der Waals surface area contributed by atoms with Gasteiger partial charge in [-0.2, -0.15) is 0 Å². The molecule has 0 bridgehead atoms. The fraction of sp³-hybridized carbons (Fsp3) is 0.350. The summed E-state index contributed by atoms with van der Waals surface area (Å²) in [7, 11) is 1.64. The van der Waals surface area contributed by atoms with Gasteiger partial charge in [-0.15, -0.1) is 0 Å². The fourth-order valence-electron chi connectivity index (χ4n) is 3.29. The van der Waals surface area contributed by atoms with E-state index in [-0.39, 0.29) is 28.3 Å². The van der Waals surface area contributed by atoms with E-state index < -0.39 is 4.92 Å². The normalized spacial score (nSPS) is 15.6. The lowest BCUT2D eigenvalue weighted by molar-refractivity contribution is -0.384. The van der Waals surface area contributed by atoms with Crippen LogP contribution in [0.5, 0.6) is 5.75 Å². The number of benzene rings is 2. The first-order valence-electron chi connectivity index (χ1n) is 9.27. The molecule has 154 valence electrons. The molecule has 1 fully saturated rings. The van der Waals surface area contributed by atoms with Crippen LogP contribution in [0.15, 0.2) is 42.5 Å². The fourth-order valence-corrected chi connectivity index (χ4v) is 3.45. The number of hydrogen-bond donors (Lipinski definition) is 1. The zero-order valence-corrected chi connectivity index (χ0v) is 17.1. The third kappa shape index (κ3) is 4.96. The molecule has 9 heteroatoms. The standard InChI is InChI=1S/C20H23ClN4O4/c1-14(20(26)22-19-13-16(25(27)28)5-8-18(19)21)23-9-11-24(12-10-23)15-3-6-17(29-2)7-4-15/h3-8,13-14H,9-12H2,1-2H3,(H,22,26). The van der Waals surface area contributed by atoms with E-state index in [1.807, 2.05) is 31.2 Å². The van der Waals surface area contributed by atoms with E-state index in [2.05, 4.69) is 15.1 Å². The monoisotopic (exact) mass is 418 g/mol. The maximum absolute atomic E-state index is 12.7. The average Bonchev–Trinajstić information content (AvgIpc) is 2.74.